The zero-order valence-electron chi connectivity index (χ0n) is 42.8. The summed E-state index contributed by atoms with van der Waals surface area (Å²) < 4.78 is 22.4. The van der Waals surface area contributed by atoms with Crippen molar-refractivity contribution >= 4 is 46.4 Å². The fraction of sp³-hybridized carbons (Fsp3) is 0.333. The normalized spacial score (nSPS) is 12.1. The van der Waals surface area contributed by atoms with Crippen LogP contribution in [-0.2, 0) is 44.6 Å². The lowest BCUT2D eigenvalue weighted by Crippen LogP contribution is -2.02. The highest BCUT2D eigenvalue weighted by molar-refractivity contribution is 5.99. The maximum Gasteiger partial charge on any atom is 0.0737 e. The number of nitrogens with one attached hydrogen (secondary N) is 2. The van der Waals surface area contributed by atoms with Gasteiger partial charge in [-0.2, -0.15) is 0 Å². The molecule has 16 nitrogen and oxygen atoms in total. The predicted molar refractivity (Wildman–Crippen MR) is 297 cm³/mol. The van der Waals surface area contributed by atoms with Gasteiger partial charge < -0.3 is 49.3 Å². The van der Waals surface area contributed by atoms with E-state index in [0.29, 0.717) is 78.5 Å². The molecule has 0 spiro atoms. The number of H-pyrrole nitrogens is 2. The number of aliphatic hydroxyl groups excluding tert-OH is 4. The molecular formula is C60H66N8O8. The number of hydrogen-bond acceptors (Lipinski definition) is 14. The number of aromatic amines is 2. The summed E-state index contributed by atoms with van der Waals surface area (Å²) in [4.78, 5) is 37.8. The van der Waals surface area contributed by atoms with Gasteiger partial charge in [0.25, 0.3) is 0 Å². The molecule has 7 aromatic heterocycles. The minimum Gasteiger partial charge on any atom is -0.394 e. The van der Waals surface area contributed by atoms with E-state index in [1.807, 2.05) is 49.1 Å². The number of fused-ring (bicyclic) bond motifs is 8. The van der Waals surface area contributed by atoms with Crippen LogP contribution in [0.5, 0.6) is 0 Å². The number of hydrogen-bond donors (Lipinski definition) is 6. The first kappa shape index (κ1) is 53.7. The van der Waals surface area contributed by atoms with Gasteiger partial charge in [-0.3, -0.25) is 19.9 Å². The van der Waals surface area contributed by atoms with Gasteiger partial charge >= 0.3 is 0 Å². The third kappa shape index (κ3) is 13.8. The molecule has 0 aromatic carbocycles. The van der Waals surface area contributed by atoms with Crippen molar-refractivity contribution in [3.05, 3.63) is 143 Å². The fourth-order valence-corrected chi connectivity index (χ4v) is 9.59. The smallest absolute Gasteiger partial charge is 0.0737 e. The molecule has 394 valence electrons. The summed E-state index contributed by atoms with van der Waals surface area (Å²) in [7, 11) is 0. The predicted octanol–water partition coefficient (Wildman–Crippen LogP) is 8.67. The number of aromatic nitrogens is 8. The molecule has 0 saturated carbocycles. The molecule has 0 aliphatic carbocycles. The Bertz CT molecular complexity index is 2860. The van der Waals surface area contributed by atoms with Crippen molar-refractivity contribution in [2.45, 2.75) is 51.4 Å². The molecule has 76 heavy (non-hydrogen) atoms. The standard InChI is InChI=1S/C60H66N8O8/c69-25-33-73-29-1-5-45-37-41(17-21-61-45)57-49-9-11-51(65-49)58(42-18-22-62-46(38-42)6-2-30-74-34-26-70)53-13-15-55(67-53)60(44-20-24-64-48(40-44)8-4-32-76-36-28-72)56-16-14-54(68-56)59(52-12-10-50(57)66-52)43-19-23-63-47(39-43)7-3-31-75-35-27-71/h9-24,37-40,65,68-72H,1-8,25-36H2. The van der Waals surface area contributed by atoms with Crippen molar-refractivity contribution < 1.29 is 39.4 Å². The number of nitrogens with zero attached hydrogens (tertiary/aromatic N) is 6. The lowest BCUT2D eigenvalue weighted by atomic mass is 10.0. The zero-order valence-corrected chi connectivity index (χ0v) is 42.8. The van der Waals surface area contributed by atoms with E-state index in [-0.39, 0.29) is 26.4 Å². The second kappa shape index (κ2) is 27.6. The molecule has 2 aliphatic heterocycles. The second-order valence-corrected chi connectivity index (χ2v) is 18.4. The molecule has 0 atom stereocenters. The van der Waals surface area contributed by atoms with Gasteiger partial charge in [0.2, 0.25) is 0 Å². The topological polar surface area (TPSA) is 227 Å². The molecule has 2 aliphatic rings. The van der Waals surface area contributed by atoms with Crippen molar-refractivity contribution in [3.8, 4) is 44.5 Å². The quantitative estimate of drug-likeness (QED) is 0.0253. The van der Waals surface area contributed by atoms with E-state index in [0.717, 1.165) is 138 Å². The Morgan fingerprint density at radius 2 is 0.579 bits per heavy atom. The van der Waals surface area contributed by atoms with Crippen LogP contribution in [-0.4, -0.2) is 140 Å². The number of ether oxygens (including phenoxy) is 4. The van der Waals surface area contributed by atoms with Crippen molar-refractivity contribution in [1.82, 2.24) is 39.9 Å². The molecule has 8 bridgehead atoms. The summed E-state index contributed by atoms with van der Waals surface area (Å²) in [6.07, 6.45) is 21.4. The number of aryl methyl sites for hydroxylation is 4. The Balaban J connectivity index is 1.29. The summed E-state index contributed by atoms with van der Waals surface area (Å²) >= 11 is 0. The van der Waals surface area contributed by atoms with Crippen LogP contribution in [0.4, 0.5) is 0 Å². The van der Waals surface area contributed by atoms with Crippen LogP contribution >= 0.6 is 0 Å². The summed E-state index contributed by atoms with van der Waals surface area (Å²) in [5.41, 5.74) is 17.5. The zero-order chi connectivity index (χ0) is 52.3. The van der Waals surface area contributed by atoms with E-state index >= 15 is 0 Å². The third-order valence-electron chi connectivity index (χ3n) is 13.0. The van der Waals surface area contributed by atoms with Gasteiger partial charge in [-0.25, -0.2) is 9.97 Å². The maximum atomic E-state index is 9.26. The van der Waals surface area contributed by atoms with Gasteiger partial charge in [-0.15, -0.1) is 0 Å². The molecule has 0 saturated heterocycles. The fourth-order valence-electron chi connectivity index (χ4n) is 9.59. The Kier molecular flexibility index (Phi) is 19.5. The lowest BCUT2D eigenvalue weighted by molar-refractivity contribution is 0.0908. The van der Waals surface area contributed by atoms with Gasteiger partial charge in [0.15, 0.2) is 0 Å². The minimum absolute atomic E-state index is 0.0181. The summed E-state index contributed by atoms with van der Waals surface area (Å²) in [6.45, 7) is 3.18. The number of rotatable bonds is 28. The minimum atomic E-state index is -0.0181. The highest BCUT2D eigenvalue weighted by Gasteiger charge is 2.20. The van der Waals surface area contributed by atoms with E-state index in [2.05, 4.69) is 82.8 Å². The summed E-state index contributed by atoms with van der Waals surface area (Å²) in [6, 6.07) is 25.0. The first-order valence-corrected chi connectivity index (χ1v) is 26.3. The van der Waals surface area contributed by atoms with Crippen LogP contribution in [0, 0.1) is 0 Å². The van der Waals surface area contributed by atoms with Crippen molar-refractivity contribution in [2.75, 3.05) is 79.3 Å². The first-order valence-electron chi connectivity index (χ1n) is 26.3. The summed E-state index contributed by atoms with van der Waals surface area (Å²) in [5, 5.41) is 37.0. The first-order chi connectivity index (χ1) is 37.5. The van der Waals surface area contributed by atoms with Gasteiger partial charge in [-0.1, -0.05) is 0 Å². The van der Waals surface area contributed by atoms with Crippen LogP contribution in [0.25, 0.3) is 90.9 Å². The van der Waals surface area contributed by atoms with E-state index in [1.54, 1.807) is 0 Å². The van der Waals surface area contributed by atoms with E-state index in [4.69, 9.17) is 48.9 Å². The molecule has 0 amide bonds. The van der Waals surface area contributed by atoms with Crippen LogP contribution in [0.15, 0.2) is 97.6 Å². The molecule has 0 fully saturated rings. The number of pyridine rings is 4. The summed E-state index contributed by atoms with van der Waals surface area (Å²) in [5.74, 6) is 0. The number of aliphatic hydroxyl groups is 4. The molecular weight excluding hydrogens is 961 g/mol. The van der Waals surface area contributed by atoms with Gasteiger partial charge in [0.05, 0.1) is 75.6 Å². The average Bonchev–Trinajstić information content (AvgIpc) is 4.31. The van der Waals surface area contributed by atoms with Gasteiger partial charge in [0, 0.05) is 118 Å². The lowest BCUT2D eigenvalue weighted by Gasteiger charge is -2.09. The van der Waals surface area contributed by atoms with E-state index in [1.165, 1.54) is 0 Å². The maximum absolute atomic E-state index is 9.26. The SMILES string of the molecule is OCCOCCCc1cc(-c2c3nc(c(-c4ccnc(CCCOCCO)c4)c4ccc([nH]4)c(-c4ccnc(CCCOCCO)c4)c4nc(c(-c5ccnc(CCCOCCO)c5)c5ccc2[nH]5)C=C4)C=C3)ccn1. The highest BCUT2D eigenvalue weighted by atomic mass is 16.5. The Hall–Kier alpha value is -7.12. The molecule has 9 heterocycles. The van der Waals surface area contributed by atoms with Crippen molar-refractivity contribution in [2.24, 2.45) is 0 Å². The Labute approximate surface area is 442 Å². The molecule has 0 unspecified atom stereocenters. The average molecular weight is 1030 g/mol. The Morgan fingerprint density at radius 1 is 0.329 bits per heavy atom. The van der Waals surface area contributed by atoms with Crippen molar-refractivity contribution in [3.63, 3.8) is 0 Å². The van der Waals surface area contributed by atoms with Crippen molar-refractivity contribution in [1.29, 1.82) is 0 Å². The van der Waals surface area contributed by atoms with E-state index < -0.39 is 0 Å². The highest BCUT2D eigenvalue weighted by Crippen LogP contribution is 2.39. The molecule has 7 aromatic rings. The largest absolute Gasteiger partial charge is 0.394 e. The molecule has 0 radical (unpaired) electrons. The van der Waals surface area contributed by atoms with Crippen LogP contribution < -0.4 is 0 Å². The second-order valence-electron chi connectivity index (χ2n) is 18.4. The monoisotopic (exact) mass is 1030 g/mol. The third-order valence-corrected chi connectivity index (χ3v) is 13.0. The molecule has 16 heteroatoms. The van der Waals surface area contributed by atoms with Crippen LogP contribution in [0.1, 0.15) is 71.2 Å². The molecule has 6 N–H and O–H groups in total. The van der Waals surface area contributed by atoms with Gasteiger partial charge in [-0.05, 0) is 171 Å². The van der Waals surface area contributed by atoms with Crippen LogP contribution in [0.2, 0.25) is 0 Å². The Morgan fingerprint density at radius 3 is 0.816 bits per heavy atom. The van der Waals surface area contributed by atoms with E-state index in [9.17, 15) is 20.4 Å². The van der Waals surface area contributed by atoms with Gasteiger partial charge in [0.1, 0.15) is 0 Å². The molecule has 9 rings (SSSR count). The van der Waals surface area contributed by atoms with Crippen LogP contribution in [0.3, 0.4) is 0 Å².